The maximum atomic E-state index is 14.7. The molecule has 10 nitrogen and oxygen atoms in total. The summed E-state index contributed by atoms with van der Waals surface area (Å²) in [5.74, 6) is -3.72. The Labute approximate surface area is 207 Å². The number of piperidine rings is 1. The van der Waals surface area contributed by atoms with Crippen molar-refractivity contribution in [3.63, 3.8) is 0 Å². The van der Waals surface area contributed by atoms with Crippen LogP contribution < -0.4 is 21.1 Å². The van der Waals surface area contributed by atoms with E-state index in [9.17, 15) is 23.6 Å². The van der Waals surface area contributed by atoms with Crippen LogP contribution in [0.5, 0.6) is 5.75 Å². The third kappa shape index (κ3) is 5.14. The number of halogens is 1. The molecular weight excluding hydrogens is 471 g/mol. The lowest BCUT2D eigenvalue weighted by Gasteiger charge is -2.27. The number of primary amides is 1. The van der Waals surface area contributed by atoms with Gasteiger partial charge in [0.25, 0.3) is 5.91 Å². The van der Waals surface area contributed by atoms with E-state index in [0.717, 1.165) is 19.3 Å². The van der Waals surface area contributed by atoms with Crippen molar-refractivity contribution in [3.8, 4) is 5.75 Å². The molecule has 36 heavy (non-hydrogen) atoms. The van der Waals surface area contributed by atoms with E-state index in [1.807, 2.05) is 0 Å². The molecule has 0 radical (unpaired) electrons. The lowest BCUT2D eigenvalue weighted by atomic mass is 9.88. The smallest absolute Gasteiger partial charge is 0.328 e. The SMILES string of the molecule is COC(=O)[C@H](C[C@@H]1CCCNC1=O)NC(=O)[C@@H](CC1CC1)c1c(C(N)=O)[nH]c2c(F)ccc(OC)c12. The first-order chi connectivity index (χ1) is 17.2. The molecule has 0 bridgehead atoms. The predicted octanol–water partition coefficient (Wildman–Crippen LogP) is 1.87. The predicted molar refractivity (Wildman–Crippen MR) is 128 cm³/mol. The van der Waals surface area contributed by atoms with Crippen LogP contribution in [0.25, 0.3) is 10.9 Å². The van der Waals surface area contributed by atoms with Crippen molar-refractivity contribution in [2.24, 2.45) is 17.6 Å². The lowest BCUT2D eigenvalue weighted by molar-refractivity contribution is -0.146. The minimum absolute atomic E-state index is 0.00939. The molecule has 11 heteroatoms. The standard InChI is InChI=1S/C25H31FN4O6/c1-35-17-8-7-15(26)20-19(17)18(21(30-20)22(27)31)14(10-12-5-6-12)24(33)29-16(25(34)36-2)11-13-4-3-9-28-23(13)32/h7-8,12-14,16,30H,3-6,9-11H2,1-2H3,(H2,27,31)(H,28,32)(H,29,33)/t13-,14-,16-/m0/s1. The molecule has 1 aliphatic carbocycles. The van der Waals surface area contributed by atoms with E-state index in [4.69, 9.17) is 15.2 Å². The van der Waals surface area contributed by atoms with Gasteiger partial charge in [0.1, 0.15) is 23.3 Å². The third-order valence-corrected chi connectivity index (χ3v) is 7.02. The molecule has 2 aromatic rings. The molecule has 3 atom stereocenters. The highest BCUT2D eigenvalue weighted by molar-refractivity contribution is 6.06. The van der Waals surface area contributed by atoms with Gasteiger partial charge in [-0.05, 0) is 43.7 Å². The van der Waals surface area contributed by atoms with Crippen molar-refractivity contribution in [1.82, 2.24) is 15.6 Å². The zero-order valence-corrected chi connectivity index (χ0v) is 20.3. The number of ether oxygens (including phenoxy) is 2. The number of carbonyl (C=O) groups is 4. The highest BCUT2D eigenvalue weighted by Crippen LogP contribution is 2.44. The fraction of sp³-hybridized carbons (Fsp3) is 0.520. The summed E-state index contributed by atoms with van der Waals surface area (Å²) in [6.07, 6.45) is 3.63. The van der Waals surface area contributed by atoms with Crippen molar-refractivity contribution < 1.29 is 33.0 Å². The Bertz CT molecular complexity index is 1190. The van der Waals surface area contributed by atoms with Crippen LogP contribution in [-0.4, -0.2) is 55.5 Å². The number of hydrogen-bond acceptors (Lipinski definition) is 6. The summed E-state index contributed by atoms with van der Waals surface area (Å²) in [6.45, 7) is 0.572. The van der Waals surface area contributed by atoms with Gasteiger partial charge in [0.15, 0.2) is 0 Å². The molecule has 194 valence electrons. The van der Waals surface area contributed by atoms with Crippen LogP contribution >= 0.6 is 0 Å². The fourth-order valence-corrected chi connectivity index (χ4v) is 4.99. The molecule has 1 aromatic carbocycles. The topological polar surface area (TPSA) is 153 Å². The molecule has 1 aliphatic heterocycles. The van der Waals surface area contributed by atoms with Crippen LogP contribution in [0.1, 0.15) is 60.5 Å². The van der Waals surface area contributed by atoms with Gasteiger partial charge in [0.05, 0.1) is 25.7 Å². The number of aromatic amines is 1. The number of aromatic nitrogens is 1. The summed E-state index contributed by atoms with van der Waals surface area (Å²) in [4.78, 5) is 53.7. The lowest BCUT2D eigenvalue weighted by Crippen LogP contribution is -2.47. The summed E-state index contributed by atoms with van der Waals surface area (Å²) < 4.78 is 25.0. The van der Waals surface area contributed by atoms with E-state index in [0.29, 0.717) is 19.4 Å². The zero-order chi connectivity index (χ0) is 26.0. The monoisotopic (exact) mass is 502 g/mol. The first-order valence-electron chi connectivity index (χ1n) is 12.1. The number of H-pyrrole nitrogens is 1. The average Bonchev–Trinajstić information content (AvgIpc) is 3.60. The van der Waals surface area contributed by atoms with Crippen molar-refractivity contribution >= 4 is 34.6 Å². The van der Waals surface area contributed by atoms with Gasteiger partial charge < -0.3 is 30.8 Å². The molecule has 1 aromatic heterocycles. The van der Waals surface area contributed by atoms with Gasteiger partial charge in [-0.3, -0.25) is 14.4 Å². The molecule has 0 spiro atoms. The molecule has 2 aliphatic rings. The summed E-state index contributed by atoms with van der Waals surface area (Å²) in [6, 6.07) is 1.55. The zero-order valence-electron chi connectivity index (χ0n) is 20.3. The van der Waals surface area contributed by atoms with E-state index >= 15 is 0 Å². The Morgan fingerprint density at radius 3 is 2.56 bits per heavy atom. The summed E-state index contributed by atoms with van der Waals surface area (Å²) in [5, 5.41) is 5.78. The normalized spacial score (nSPS) is 19.3. The molecule has 1 saturated heterocycles. The largest absolute Gasteiger partial charge is 0.496 e. The maximum absolute atomic E-state index is 14.7. The number of benzene rings is 1. The van der Waals surface area contributed by atoms with Crippen molar-refractivity contribution in [3.05, 3.63) is 29.2 Å². The van der Waals surface area contributed by atoms with Crippen LogP contribution in [0.3, 0.4) is 0 Å². The molecule has 4 rings (SSSR count). The van der Waals surface area contributed by atoms with Crippen LogP contribution in [0, 0.1) is 17.7 Å². The summed E-state index contributed by atoms with van der Waals surface area (Å²) in [7, 11) is 2.62. The number of fused-ring (bicyclic) bond motifs is 1. The number of carbonyl (C=O) groups excluding carboxylic acids is 4. The van der Waals surface area contributed by atoms with Crippen LogP contribution in [0.2, 0.25) is 0 Å². The van der Waals surface area contributed by atoms with Crippen molar-refractivity contribution in [1.29, 1.82) is 0 Å². The highest BCUT2D eigenvalue weighted by atomic mass is 19.1. The first kappa shape index (κ1) is 25.5. The van der Waals surface area contributed by atoms with Crippen LogP contribution in [0.4, 0.5) is 4.39 Å². The van der Waals surface area contributed by atoms with Crippen molar-refractivity contribution in [2.75, 3.05) is 20.8 Å². The van der Waals surface area contributed by atoms with Gasteiger partial charge in [-0.25, -0.2) is 9.18 Å². The van der Waals surface area contributed by atoms with Crippen LogP contribution in [-0.2, 0) is 19.1 Å². The van der Waals surface area contributed by atoms with Gasteiger partial charge in [-0.15, -0.1) is 0 Å². The second kappa shape index (κ2) is 10.5. The van der Waals surface area contributed by atoms with E-state index in [1.165, 1.54) is 26.4 Å². The number of rotatable bonds is 10. The first-order valence-corrected chi connectivity index (χ1v) is 12.1. The summed E-state index contributed by atoms with van der Waals surface area (Å²) >= 11 is 0. The fourth-order valence-electron chi connectivity index (χ4n) is 4.99. The molecular formula is C25H31FN4O6. The van der Waals surface area contributed by atoms with E-state index in [-0.39, 0.29) is 46.2 Å². The quantitative estimate of drug-likeness (QED) is 0.364. The van der Waals surface area contributed by atoms with Gasteiger partial charge in [-0.1, -0.05) is 12.8 Å². The molecule has 2 fully saturated rings. The van der Waals surface area contributed by atoms with E-state index < -0.39 is 41.5 Å². The third-order valence-electron chi connectivity index (χ3n) is 7.02. The highest BCUT2D eigenvalue weighted by Gasteiger charge is 2.38. The molecule has 2 heterocycles. The Kier molecular flexibility index (Phi) is 7.46. The Morgan fingerprint density at radius 1 is 1.19 bits per heavy atom. The molecule has 3 amide bonds. The van der Waals surface area contributed by atoms with Gasteiger partial charge in [0, 0.05) is 23.4 Å². The second-order valence-corrected chi connectivity index (χ2v) is 9.46. The average molecular weight is 503 g/mol. The second-order valence-electron chi connectivity index (χ2n) is 9.46. The number of hydrogen-bond donors (Lipinski definition) is 4. The minimum Gasteiger partial charge on any atom is -0.496 e. The Morgan fingerprint density at radius 2 is 1.94 bits per heavy atom. The number of nitrogens with two attached hydrogens (primary N) is 1. The Hall–Kier alpha value is -3.63. The number of amides is 3. The maximum Gasteiger partial charge on any atom is 0.328 e. The molecule has 1 saturated carbocycles. The van der Waals surface area contributed by atoms with E-state index in [2.05, 4.69) is 15.6 Å². The molecule has 0 unspecified atom stereocenters. The summed E-state index contributed by atoms with van der Waals surface area (Å²) in [5.41, 5.74) is 5.79. The number of nitrogens with one attached hydrogen (secondary N) is 3. The number of esters is 1. The minimum atomic E-state index is -1.07. The van der Waals surface area contributed by atoms with E-state index in [1.54, 1.807) is 0 Å². The molecule has 5 N–H and O–H groups in total. The number of methoxy groups -OCH3 is 2. The van der Waals surface area contributed by atoms with Gasteiger partial charge >= 0.3 is 5.97 Å². The van der Waals surface area contributed by atoms with Gasteiger partial charge in [-0.2, -0.15) is 0 Å². The van der Waals surface area contributed by atoms with Gasteiger partial charge in [0.2, 0.25) is 11.8 Å². The Balaban J connectivity index is 1.73. The van der Waals surface area contributed by atoms with Crippen molar-refractivity contribution in [2.45, 2.75) is 50.5 Å². The van der Waals surface area contributed by atoms with Crippen LogP contribution in [0.15, 0.2) is 12.1 Å².